The molecule has 1 aromatic heterocycles. The molecule has 0 spiro atoms. The van der Waals surface area contributed by atoms with E-state index in [1.54, 1.807) is 0 Å². The molecule has 4 rings (SSSR count). The maximum atomic E-state index is 12.7. The molecule has 8 nitrogen and oxygen atoms in total. The number of benzene rings is 1. The van der Waals surface area contributed by atoms with Gasteiger partial charge in [0.15, 0.2) is 0 Å². The Morgan fingerprint density at radius 1 is 1.00 bits per heavy atom. The number of nitrogens with one attached hydrogen (secondary N) is 1. The van der Waals surface area contributed by atoms with Crippen molar-refractivity contribution >= 4 is 17.8 Å². The van der Waals surface area contributed by atoms with Gasteiger partial charge in [0.1, 0.15) is 6.04 Å². The normalized spacial score (nSPS) is 19.3. The molecule has 0 bridgehead atoms. The van der Waals surface area contributed by atoms with Gasteiger partial charge in [-0.2, -0.15) is 0 Å². The third-order valence-corrected chi connectivity index (χ3v) is 6.07. The fourth-order valence-electron chi connectivity index (χ4n) is 4.15. The Kier molecular flexibility index (Phi) is 7.11. The average molecular weight is 436 g/mol. The minimum atomic E-state index is -0.630. The first-order chi connectivity index (χ1) is 15.6. The number of hydrogen-bond donors (Lipinski definition) is 1. The van der Waals surface area contributed by atoms with Crippen molar-refractivity contribution in [3.05, 3.63) is 66.0 Å². The highest BCUT2D eigenvalue weighted by molar-refractivity contribution is 6.04. The average Bonchev–Trinajstić information content (AvgIpc) is 3.10. The summed E-state index contributed by atoms with van der Waals surface area (Å²) in [6, 6.07) is 14.3. The summed E-state index contributed by atoms with van der Waals surface area (Å²) in [7, 11) is 0. The minimum Gasteiger partial charge on any atom is -0.340 e. The highest BCUT2D eigenvalue weighted by atomic mass is 16.2. The highest BCUT2D eigenvalue weighted by Crippen LogP contribution is 2.16. The van der Waals surface area contributed by atoms with E-state index in [0.717, 1.165) is 37.3 Å². The van der Waals surface area contributed by atoms with Crippen LogP contribution >= 0.6 is 0 Å². The van der Waals surface area contributed by atoms with E-state index < -0.39 is 12.1 Å². The molecule has 32 heavy (non-hydrogen) atoms. The van der Waals surface area contributed by atoms with Gasteiger partial charge in [-0.05, 0) is 24.1 Å². The number of urea groups is 1. The standard InChI is InChI=1S/C24H29N5O3/c30-22(28-16-14-27(15-17-28)13-11-20-8-4-5-12-25-20)10-9-21-23(31)29(24(32)26-21)18-19-6-2-1-3-7-19/h1-8,12,21H,9-11,13-18H2,(H,26,32). The van der Waals surface area contributed by atoms with Crippen LogP contribution in [0.1, 0.15) is 24.1 Å². The van der Waals surface area contributed by atoms with Crippen LogP contribution in [0.15, 0.2) is 54.7 Å². The topological polar surface area (TPSA) is 85.8 Å². The zero-order valence-electron chi connectivity index (χ0n) is 18.2. The van der Waals surface area contributed by atoms with E-state index in [-0.39, 0.29) is 24.8 Å². The van der Waals surface area contributed by atoms with Crippen LogP contribution in [-0.2, 0) is 22.6 Å². The second-order valence-electron chi connectivity index (χ2n) is 8.24. The Morgan fingerprint density at radius 2 is 1.75 bits per heavy atom. The summed E-state index contributed by atoms with van der Waals surface area (Å²) in [5.74, 6) is -0.219. The third kappa shape index (κ3) is 5.50. The molecule has 1 N–H and O–H groups in total. The molecule has 0 radical (unpaired) electrons. The van der Waals surface area contributed by atoms with Crippen molar-refractivity contribution in [2.75, 3.05) is 32.7 Å². The molecular weight excluding hydrogens is 406 g/mol. The summed E-state index contributed by atoms with van der Waals surface area (Å²) >= 11 is 0. The van der Waals surface area contributed by atoms with E-state index in [2.05, 4.69) is 15.2 Å². The smallest absolute Gasteiger partial charge is 0.325 e. The maximum absolute atomic E-state index is 12.7. The summed E-state index contributed by atoms with van der Waals surface area (Å²) in [6.07, 6.45) is 3.29. The highest BCUT2D eigenvalue weighted by Gasteiger charge is 2.38. The number of aromatic nitrogens is 1. The maximum Gasteiger partial charge on any atom is 0.325 e. The Morgan fingerprint density at radius 3 is 2.47 bits per heavy atom. The number of amides is 4. The van der Waals surface area contributed by atoms with Crippen molar-refractivity contribution in [1.29, 1.82) is 0 Å². The van der Waals surface area contributed by atoms with Crippen molar-refractivity contribution in [1.82, 2.24) is 25.0 Å². The van der Waals surface area contributed by atoms with Crippen LogP contribution in [0.4, 0.5) is 4.79 Å². The fraction of sp³-hybridized carbons (Fsp3) is 0.417. The van der Waals surface area contributed by atoms with E-state index in [9.17, 15) is 14.4 Å². The zero-order chi connectivity index (χ0) is 22.3. The number of piperazine rings is 1. The van der Waals surface area contributed by atoms with Gasteiger partial charge in [0.2, 0.25) is 5.91 Å². The van der Waals surface area contributed by atoms with Gasteiger partial charge in [-0.25, -0.2) is 4.79 Å². The van der Waals surface area contributed by atoms with Crippen molar-refractivity contribution in [3.8, 4) is 0 Å². The van der Waals surface area contributed by atoms with Crippen LogP contribution in [0.3, 0.4) is 0 Å². The van der Waals surface area contributed by atoms with E-state index in [4.69, 9.17) is 0 Å². The molecule has 2 aliphatic heterocycles. The van der Waals surface area contributed by atoms with Crippen molar-refractivity contribution in [2.45, 2.75) is 31.8 Å². The van der Waals surface area contributed by atoms with Gasteiger partial charge in [0.25, 0.3) is 5.91 Å². The SMILES string of the molecule is O=C(CCC1NC(=O)N(Cc2ccccc2)C1=O)N1CCN(CCc2ccccn2)CC1. The summed E-state index contributed by atoms with van der Waals surface area (Å²) in [6.45, 7) is 4.22. The summed E-state index contributed by atoms with van der Waals surface area (Å²) in [4.78, 5) is 47.3. The quantitative estimate of drug-likeness (QED) is 0.638. The first kappa shape index (κ1) is 22.0. The molecule has 1 unspecified atom stereocenters. The van der Waals surface area contributed by atoms with Crippen LogP contribution in [0.25, 0.3) is 0 Å². The third-order valence-electron chi connectivity index (χ3n) is 6.07. The van der Waals surface area contributed by atoms with Gasteiger partial charge in [-0.3, -0.25) is 24.4 Å². The number of carbonyl (C=O) groups is 3. The van der Waals surface area contributed by atoms with Crippen LogP contribution in [0, 0.1) is 0 Å². The summed E-state index contributed by atoms with van der Waals surface area (Å²) in [5.41, 5.74) is 1.98. The molecule has 2 aliphatic rings. The Hall–Kier alpha value is -3.26. The number of rotatable bonds is 8. The summed E-state index contributed by atoms with van der Waals surface area (Å²) < 4.78 is 0. The van der Waals surface area contributed by atoms with Gasteiger partial charge in [-0.1, -0.05) is 36.4 Å². The molecule has 2 aromatic rings. The van der Waals surface area contributed by atoms with Crippen LogP contribution in [0.2, 0.25) is 0 Å². The van der Waals surface area contributed by atoms with E-state index >= 15 is 0 Å². The number of carbonyl (C=O) groups excluding carboxylic acids is 3. The first-order valence-corrected chi connectivity index (χ1v) is 11.2. The largest absolute Gasteiger partial charge is 0.340 e. The lowest BCUT2D eigenvalue weighted by Gasteiger charge is -2.34. The monoisotopic (exact) mass is 435 g/mol. The van der Waals surface area contributed by atoms with E-state index in [0.29, 0.717) is 19.5 Å². The Balaban J connectivity index is 1.19. The number of nitrogens with zero attached hydrogens (tertiary/aromatic N) is 4. The number of pyridine rings is 1. The second-order valence-corrected chi connectivity index (χ2v) is 8.24. The van der Waals surface area contributed by atoms with Crippen LogP contribution < -0.4 is 5.32 Å². The molecule has 3 heterocycles. The predicted molar refractivity (Wildman–Crippen MR) is 120 cm³/mol. The zero-order valence-corrected chi connectivity index (χ0v) is 18.2. The molecule has 1 aromatic carbocycles. The van der Waals surface area contributed by atoms with Crippen LogP contribution in [-0.4, -0.2) is 76.3 Å². The lowest BCUT2D eigenvalue weighted by atomic mass is 10.1. The van der Waals surface area contributed by atoms with Gasteiger partial charge < -0.3 is 10.2 Å². The molecule has 1 atom stereocenters. The summed E-state index contributed by atoms with van der Waals surface area (Å²) in [5, 5.41) is 2.72. The van der Waals surface area contributed by atoms with E-state index in [1.165, 1.54) is 4.90 Å². The van der Waals surface area contributed by atoms with Crippen molar-refractivity contribution in [3.63, 3.8) is 0 Å². The van der Waals surface area contributed by atoms with Crippen molar-refractivity contribution < 1.29 is 14.4 Å². The van der Waals surface area contributed by atoms with Gasteiger partial charge >= 0.3 is 6.03 Å². The molecule has 168 valence electrons. The molecule has 2 fully saturated rings. The number of hydrogen-bond acceptors (Lipinski definition) is 5. The molecule has 4 amide bonds. The van der Waals surface area contributed by atoms with Gasteiger partial charge in [0, 0.05) is 57.5 Å². The predicted octanol–water partition coefficient (Wildman–Crippen LogP) is 1.67. The molecule has 0 saturated carbocycles. The molecule has 0 aliphatic carbocycles. The van der Waals surface area contributed by atoms with Crippen LogP contribution in [0.5, 0.6) is 0 Å². The number of imide groups is 1. The molecular formula is C24H29N5O3. The second kappa shape index (κ2) is 10.4. The van der Waals surface area contributed by atoms with Crippen molar-refractivity contribution in [2.24, 2.45) is 0 Å². The molecule has 2 saturated heterocycles. The lowest BCUT2D eigenvalue weighted by molar-refractivity contribution is -0.133. The van der Waals surface area contributed by atoms with Gasteiger partial charge in [0.05, 0.1) is 6.54 Å². The molecule has 8 heteroatoms. The Labute approximate surface area is 188 Å². The minimum absolute atomic E-state index is 0.0398. The van der Waals surface area contributed by atoms with Gasteiger partial charge in [-0.15, -0.1) is 0 Å². The fourth-order valence-corrected chi connectivity index (χ4v) is 4.15. The lowest BCUT2D eigenvalue weighted by Crippen LogP contribution is -2.49. The van der Waals surface area contributed by atoms with E-state index in [1.807, 2.05) is 59.6 Å². The first-order valence-electron chi connectivity index (χ1n) is 11.2. The Bertz CT molecular complexity index is 929.